The number of nitrogens with one attached hydrogen (secondary N) is 1. The number of aromatic nitrogens is 4. The van der Waals surface area contributed by atoms with E-state index < -0.39 is 0 Å². The van der Waals surface area contributed by atoms with Gasteiger partial charge in [-0.05, 0) is 42.0 Å². The highest BCUT2D eigenvalue weighted by Gasteiger charge is 2.32. The van der Waals surface area contributed by atoms with Gasteiger partial charge < -0.3 is 15.0 Å². The molecule has 1 aliphatic rings. The van der Waals surface area contributed by atoms with Crippen molar-refractivity contribution in [2.45, 2.75) is 12.5 Å². The number of hydrogen-bond acceptors (Lipinski definition) is 4. The molecule has 2 N–H and O–H groups in total. The van der Waals surface area contributed by atoms with E-state index >= 15 is 0 Å². The van der Waals surface area contributed by atoms with Crippen LogP contribution in [0.3, 0.4) is 0 Å². The van der Waals surface area contributed by atoms with Gasteiger partial charge in [0.2, 0.25) is 0 Å². The maximum Gasteiger partial charge on any atom is 0.254 e. The standard InChI is InChI=1S/C22H19N5O2/c28-18-7-2-4-15(11-18)19-12-26(13-20-21(19)24-14-23-20)22(29)16-5-1-6-17(10-16)27-9-3-8-25-27/h1-11,14,19,28H,12-13H2,(H,23,24). The molecule has 4 aromatic rings. The molecule has 0 saturated carbocycles. The Labute approximate surface area is 167 Å². The predicted molar refractivity (Wildman–Crippen MR) is 107 cm³/mol. The second-order valence-corrected chi connectivity index (χ2v) is 7.10. The number of phenols is 1. The summed E-state index contributed by atoms with van der Waals surface area (Å²) in [7, 11) is 0. The number of H-pyrrole nitrogens is 1. The molecule has 3 heterocycles. The van der Waals surface area contributed by atoms with Crippen molar-refractivity contribution in [1.82, 2.24) is 24.6 Å². The summed E-state index contributed by atoms with van der Waals surface area (Å²) in [5.74, 6) is 0.0507. The second kappa shape index (κ2) is 6.94. The van der Waals surface area contributed by atoms with Crippen molar-refractivity contribution in [3.05, 3.63) is 95.8 Å². The van der Waals surface area contributed by atoms with Gasteiger partial charge in [0.25, 0.3) is 5.91 Å². The highest BCUT2D eigenvalue weighted by atomic mass is 16.3. The Hall–Kier alpha value is -3.87. The first kappa shape index (κ1) is 17.2. The number of hydrogen-bond donors (Lipinski definition) is 2. The predicted octanol–water partition coefficient (Wildman–Crippen LogP) is 3.09. The number of benzene rings is 2. The zero-order valence-corrected chi connectivity index (χ0v) is 15.6. The summed E-state index contributed by atoms with van der Waals surface area (Å²) < 4.78 is 1.73. The van der Waals surface area contributed by atoms with Crippen molar-refractivity contribution < 1.29 is 9.90 Å². The van der Waals surface area contributed by atoms with Crippen molar-refractivity contribution in [3.8, 4) is 11.4 Å². The average Bonchev–Trinajstić information content (AvgIpc) is 3.44. The van der Waals surface area contributed by atoms with Crippen LogP contribution in [0.5, 0.6) is 5.75 Å². The van der Waals surface area contributed by atoms with Crippen LogP contribution in [0.2, 0.25) is 0 Å². The Morgan fingerprint density at radius 2 is 2.03 bits per heavy atom. The van der Waals surface area contributed by atoms with E-state index in [1.807, 2.05) is 53.6 Å². The molecule has 7 heteroatoms. The molecule has 0 bridgehead atoms. The fraction of sp³-hybridized carbons (Fsp3) is 0.136. The van der Waals surface area contributed by atoms with Crippen LogP contribution >= 0.6 is 0 Å². The molecule has 1 unspecified atom stereocenters. The largest absolute Gasteiger partial charge is 0.508 e. The van der Waals surface area contributed by atoms with Gasteiger partial charge in [0, 0.05) is 30.4 Å². The van der Waals surface area contributed by atoms with Crippen LogP contribution in [-0.4, -0.2) is 42.2 Å². The third-order valence-electron chi connectivity index (χ3n) is 5.26. The summed E-state index contributed by atoms with van der Waals surface area (Å²) in [6, 6.07) is 16.4. The molecule has 29 heavy (non-hydrogen) atoms. The van der Waals surface area contributed by atoms with Gasteiger partial charge in [-0.3, -0.25) is 4.79 Å². The zero-order valence-electron chi connectivity index (χ0n) is 15.6. The molecular weight excluding hydrogens is 366 g/mol. The van der Waals surface area contributed by atoms with E-state index in [2.05, 4.69) is 15.1 Å². The normalized spacial score (nSPS) is 15.9. The van der Waals surface area contributed by atoms with Gasteiger partial charge in [0.05, 0.1) is 29.9 Å². The molecule has 1 atom stereocenters. The summed E-state index contributed by atoms with van der Waals surface area (Å²) in [5.41, 5.74) is 4.22. The number of fused-ring (bicyclic) bond motifs is 1. The molecule has 144 valence electrons. The molecule has 0 fully saturated rings. The number of imidazole rings is 1. The third kappa shape index (κ3) is 3.16. The van der Waals surface area contributed by atoms with Crippen molar-refractivity contribution in [1.29, 1.82) is 0 Å². The van der Waals surface area contributed by atoms with E-state index in [0.29, 0.717) is 18.7 Å². The number of carbonyl (C=O) groups excluding carboxylic acids is 1. The maximum atomic E-state index is 13.3. The van der Waals surface area contributed by atoms with Gasteiger partial charge in [-0.25, -0.2) is 9.67 Å². The number of aromatic amines is 1. The van der Waals surface area contributed by atoms with Gasteiger partial charge in [0.15, 0.2) is 0 Å². The summed E-state index contributed by atoms with van der Waals surface area (Å²) in [5, 5.41) is 14.1. The van der Waals surface area contributed by atoms with Crippen LogP contribution < -0.4 is 0 Å². The molecule has 0 spiro atoms. The van der Waals surface area contributed by atoms with E-state index in [0.717, 1.165) is 22.6 Å². The Balaban J connectivity index is 1.48. The average molecular weight is 385 g/mol. The lowest BCUT2D eigenvalue weighted by atomic mass is 9.90. The monoisotopic (exact) mass is 385 g/mol. The first-order chi connectivity index (χ1) is 14.2. The highest BCUT2D eigenvalue weighted by Crippen LogP contribution is 2.33. The molecule has 0 radical (unpaired) electrons. The van der Waals surface area contributed by atoms with E-state index in [9.17, 15) is 9.90 Å². The number of phenolic OH excluding ortho intramolecular Hbond substituents is 1. The quantitative estimate of drug-likeness (QED) is 0.567. The van der Waals surface area contributed by atoms with E-state index in [4.69, 9.17) is 0 Å². The van der Waals surface area contributed by atoms with Gasteiger partial charge in [-0.1, -0.05) is 18.2 Å². The van der Waals surface area contributed by atoms with Crippen LogP contribution in [0.1, 0.15) is 33.2 Å². The van der Waals surface area contributed by atoms with Crippen LogP contribution in [0, 0.1) is 0 Å². The van der Waals surface area contributed by atoms with Crippen molar-refractivity contribution in [2.24, 2.45) is 0 Å². The fourth-order valence-corrected chi connectivity index (χ4v) is 3.87. The molecule has 2 aromatic heterocycles. The SMILES string of the molecule is O=C(c1cccc(-n2cccn2)c1)N1Cc2[nH]cnc2C(c2cccc(O)c2)C1. The lowest BCUT2D eigenvalue weighted by molar-refractivity contribution is 0.0722. The molecule has 1 amide bonds. The van der Waals surface area contributed by atoms with Crippen LogP contribution in [0.4, 0.5) is 0 Å². The molecular formula is C22H19N5O2. The number of aromatic hydroxyl groups is 1. The van der Waals surface area contributed by atoms with E-state index in [-0.39, 0.29) is 17.6 Å². The molecule has 5 rings (SSSR count). The van der Waals surface area contributed by atoms with Crippen LogP contribution in [-0.2, 0) is 6.54 Å². The zero-order chi connectivity index (χ0) is 19.8. The highest BCUT2D eigenvalue weighted by molar-refractivity contribution is 5.95. The molecule has 0 saturated heterocycles. The molecule has 1 aliphatic heterocycles. The Bertz CT molecular complexity index is 1170. The van der Waals surface area contributed by atoms with Gasteiger partial charge >= 0.3 is 0 Å². The van der Waals surface area contributed by atoms with E-state index in [1.165, 1.54) is 0 Å². The van der Waals surface area contributed by atoms with E-state index in [1.54, 1.807) is 29.3 Å². The van der Waals surface area contributed by atoms with Crippen LogP contribution in [0.15, 0.2) is 73.3 Å². The first-order valence-corrected chi connectivity index (χ1v) is 9.39. The molecule has 2 aromatic carbocycles. The summed E-state index contributed by atoms with van der Waals surface area (Å²) in [6.07, 6.45) is 5.21. The summed E-state index contributed by atoms with van der Waals surface area (Å²) in [6.45, 7) is 0.960. The topological polar surface area (TPSA) is 87.0 Å². The van der Waals surface area contributed by atoms with Crippen LogP contribution in [0.25, 0.3) is 5.69 Å². The Kier molecular flexibility index (Phi) is 4.13. The number of amides is 1. The third-order valence-corrected chi connectivity index (χ3v) is 5.26. The van der Waals surface area contributed by atoms with Crippen molar-refractivity contribution >= 4 is 5.91 Å². The minimum absolute atomic E-state index is 0.0515. The maximum absolute atomic E-state index is 13.3. The minimum atomic E-state index is -0.102. The van der Waals surface area contributed by atoms with Crippen molar-refractivity contribution in [2.75, 3.05) is 6.54 Å². The summed E-state index contributed by atoms with van der Waals surface area (Å²) in [4.78, 5) is 22.8. The lowest BCUT2D eigenvalue weighted by Crippen LogP contribution is -2.38. The lowest BCUT2D eigenvalue weighted by Gasteiger charge is -2.32. The number of nitrogens with zero attached hydrogens (tertiary/aromatic N) is 4. The summed E-state index contributed by atoms with van der Waals surface area (Å²) >= 11 is 0. The molecule has 7 nitrogen and oxygen atoms in total. The Morgan fingerprint density at radius 3 is 2.86 bits per heavy atom. The van der Waals surface area contributed by atoms with Crippen molar-refractivity contribution in [3.63, 3.8) is 0 Å². The number of carbonyl (C=O) groups is 1. The smallest absolute Gasteiger partial charge is 0.254 e. The van der Waals surface area contributed by atoms with Gasteiger partial charge in [0.1, 0.15) is 5.75 Å². The fourth-order valence-electron chi connectivity index (χ4n) is 3.87. The minimum Gasteiger partial charge on any atom is -0.508 e. The number of rotatable bonds is 3. The second-order valence-electron chi connectivity index (χ2n) is 7.10. The first-order valence-electron chi connectivity index (χ1n) is 9.39. The van der Waals surface area contributed by atoms with Gasteiger partial charge in [-0.2, -0.15) is 5.10 Å². The Morgan fingerprint density at radius 1 is 1.14 bits per heavy atom. The van der Waals surface area contributed by atoms with Gasteiger partial charge in [-0.15, -0.1) is 0 Å². The molecule has 0 aliphatic carbocycles.